The second kappa shape index (κ2) is 5.29. The van der Waals surface area contributed by atoms with Gasteiger partial charge in [0, 0.05) is 17.4 Å². The van der Waals surface area contributed by atoms with E-state index in [4.69, 9.17) is 4.42 Å². The second-order valence-electron chi connectivity index (χ2n) is 6.40. The van der Waals surface area contributed by atoms with Crippen molar-refractivity contribution in [3.05, 3.63) is 78.2 Å². The zero-order valence-corrected chi connectivity index (χ0v) is 13.3. The third-order valence-electron chi connectivity index (χ3n) is 4.96. The Balaban J connectivity index is 1.51. The third-order valence-corrected chi connectivity index (χ3v) is 4.96. The van der Waals surface area contributed by atoms with Crippen LogP contribution < -0.4 is 0 Å². The van der Waals surface area contributed by atoms with Crippen LogP contribution in [-0.4, -0.2) is 14.7 Å². The van der Waals surface area contributed by atoms with Crippen LogP contribution in [0, 0.1) is 5.82 Å². The molecule has 4 nitrogen and oxygen atoms in total. The number of aromatic nitrogens is 2. The Bertz CT molecular complexity index is 1080. The molecule has 0 radical (unpaired) electrons. The van der Waals surface area contributed by atoms with Gasteiger partial charge in [0.1, 0.15) is 11.4 Å². The molecular weight excluding hydrogens is 319 g/mol. The van der Waals surface area contributed by atoms with Crippen LogP contribution in [-0.2, 0) is 0 Å². The predicted octanol–water partition coefficient (Wildman–Crippen LogP) is 4.46. The van der Waals surface area contributed by atoms with E-state index in [9.17, 15) is 9.50 Å². The Morgan fingerprint density at radius 3 is 3.04 bits per heavy atom. The van der Waals surface area contributed by atoms with Crippen molar-refractivity contribution in [1.29, 1.82) is 0 Å². The Hall–Kier alpha value is -2.92. The van der Waals surface area contributed by atoms with Crippen molar-refractivity contribution in [2.24, 2.45) is 0 Å². The minimum absolute atomic E-state index is 0.0665. The maximum absolute atomic E-state index is 13.6. The lowest BCUT2D eigenvalue weighted by Gasteiger charge is -2.19. The van der Waals surface area contributed by atoms with Crippen LogP contribution in [0.15, 0.2) is 65.7 Å². The van der Waals surface area contributed by atoms with Gasteiger partial charge in [-0.2, -0.15) is 0 Å². The summed E-state index contributed by atoms with van der Waals surface area (Å²) in [5.74, 6) is -0.266. The van der Waals surface area contributed by atoms with Gasteiger partial charge in [0.15, 0.2) is 0 Å². The van der Waals surface area contributed by atoms with Crippen molar-refractivity contribution in [2.75, 3.05) is 0 Å². The molecule has 5 heteroatoms. The highest BCUT2D eigenvalue weighted by Gasteiger charge is 2.30. The Morgan fingerprint density at radius 2 is 2.12 bits per heavy atom. The van der Waals surface area contributed by atoms with Crippen LogP contribution in [0.25, 0.3) is 22.2 Å². The zero-order valence-electron chi connectivity index (χ0n) is 13.3. The van der Waals surface area contributed by atoms with Crippen molar-refractivity contribution in [1.82, 2.24) is 9.55 Å². The Morgan fingerprint density at radius 1 is 1.20 bits per heavy atom. The molecule has 25 heavy (non-hydrogen) atoms. The molecule has 3 heterocycles. The van der Waals surface area contributed by atoms with E-state index in [0.29, 0.717) is 6.42 Å². The number of imidazole rings is 1. The number of nitrogens with zero attached hydrogens (tertiary/aromatic N) is 2. The summed E-state index contributed by atoms with van der Waals surface area (Å²) in [4.78, 5) is 4.18. The number of hydrogen-bond acceptors (Lipinski definition) is 3. The highest BCUT2D eigenvalue weighted by Crippen LogP contribution is 2.43. The maximum atomic E-state index is 13.6. The molecule has 0 fully saturated rings. The van der Waals surface area contributed by atoms with Gasteiger partial charge in [0.05, 0.1) is 36.6 Å². The minimum atomic E-state index is -0.643. The average molecular weight is 334 g/mol. The molecule has 2 unspecified atom stereocenters. The quantitative estimate of drug-likeness (QED) is 0.602. The van der Waals surface area contributed by atoms with Gasteiger partial charge < -0.3 is 14.1 Å². The van der Waals surface area contributed by atoms with Crippen LogP contribution >= 0.6 is 0 Å². The fourth-order valence-electron chi connectivity index (χ4n) is 3.73. The summed E-state index contributed by atoms with van der Waals surface area (Å²) in [6, 6.07) is 12.3. The number of aliphatic hydroxyl groups is 1. The van der Waals surface area contributed by atoms with Gasteiger partial charge >= 0.3 is 0 Å². The first kappa shape index (κ1) is 14.4. The summed E-state index contributed by atoms with van der Waals surface area (Å²) in [5.41, 5.74) is 4.39. The number of benzene rings is 2. The summed E-state index contributed by atoms with van der Waals surface area (Å²) in [7, 11) is 0. The van der Waals surface area contributed by atoms with E-state index in [1.807, 2.05) is 28.8 Å². The number of fused-ring (bicyclic) bond motifs is 4. The maximum Gasteiger partial charge on any atom is 0.133 e. The van der Waals surface area contributed by atoms with Gasteiger partial charge in [0.25, 0.3) is 0 Å². The lowest BCUT2D eigenvalue weighted by atomic mass is 9.95. The summed E-state index contributed by atoms with van der Waals surface area (Å²) < 4.78 is 21.0. The van der Waals surface area contributed by atoms with Crippen LogP contribution in [0.4, 0.5) is 4.39 Å². The topological polar surface area (TPSA) is 51.2 Å². The van der Waals surface area contributed by atoms with Crippen molar-refractivity contribution >= 4 is 11.0 Å². The molecule has 0 bridgehead atoms. The number of furan rings is 1. The third kappa shape index (κ3) is 2.20. The monoisotopic (exact) mass is 334 g/mol. The lowest BCUT2D eigenvalue weighted by molar-refractivity contribution is 0.154. The van der Waals surface area contributed by atoms with Crippen molar-refractivity contribution in [3.63, 3.8) is 0 Å². The Kier molecular flexibility index (Phi) is 3.05. The summed E-state index contributed by atoms with van der Waals surface area (Å²) in [6.07, 6.45) is 4.97. The van der Waals surface area contributed by atoms with Gasteiger partial charge in [0.2, 0.25) is 0 Å². The molecule has 0 saturated carbocycles. The van der Waals surface area contributed by atoms with Gasteiger partial charge in [-0.25, -0.2) is 9.37 Å². The molecule has 1 N–H and O–H groups in total. The summed E-state index contributed by atoms with van der Waals surface area (Å²) >= 11 is 0. The van der Waals surface area contributed by atoms with Gasteiger partial charge in [-0.1, -0.05) is 12.1 Å². The fraction of sp³-hybridized carbons (Fsp3) is 0.150. The van der Waals surface area contributed by atoms with Gasteiger partial charge in [-0.05, 0) is 41.5 Å². The first-order valence-corrected chi connectivity index (χ1v) is 8.17. The largest absolute Gasteiger partial charge is 0.464 e. The normalized spacial score (nSPS) is 16.8. The molecule has 0 saturated heterocycles. The standard InChI is InChI=1S/C20H15FN2O2/c21-14-2-3-15-16(8-14)18-10-22-11-23(18)17(15)9-19(24)12-1-4-20-13(7-12)5-6-25-20/h1-8,10-11,17,19,24H,9H2. The molecular formula is C20H15FN2O2. The molecule has 2 aromatic heterocycles. The highest BCUT2D eigenvalue weighted by atomic mass is 19.1. The molecule has 1 aliphatic heterocycles. The van der Waals surface area contributed by atoms with E-state index in [1.54, 1.807) is 24.9 Å². The zero-order chi connectivity index (χ0) is 17.0. The van der Waals surface area contributed by atoms with Crippen LogP contribution in [0.3, 0.4) is 0 Å². The number of aliphatic hydroxyl groups excluding tert-OH is 1. The van der Waals surface area contributed by atoms with E-state index < -0.39 is 6.10 Å². The average Bonchev–Trinajstić information content (AvgIpc) is 3.32. The molecule has 0 spiro atoms. The van der Waals surface area contributed by atoms with Crippen molar-refractivity contribution in [2.45, 2.75) is 18.6 Å². The van der Waals surface area contributed by atoms with Crippen LogP contribution in [0.2, 0.25) is 0 Å². The molecule has 2 atom stereocenters. The number of hydrogen-bond donors (Lipinski definition) is 1. The molecule has 1 aliphatic rings. The molecule has 0 aliphatic carbocycles. The molecule has 2 aromatic carbocycles. The van der Waals surface area contributed by atoms with E-state index in [1.165, 1.54) is 12.1 Å². The second-order valence-corrected chi connectivity index (χ2v) is 6.40. The predicted molar refractivity (Wildman–Crippen MR) is 91.6 cm³/mol. The van der Waals surface area contributed by atoms with Crippen molar-refractivity contribution < 1.29 is 13.9 Å². The van der Waals surface area contributed by atoms with E-state index in [0.717, 1.165) is 33.4 Å². The molecule has 4 aromatic rings. The van der Waals surface area contributed by atoms with Crippen LogP contribution in [0.1, 0.15) is 29.7 Å². The van der Waals surface area contributed by atoms with Gasteiger partial charge in [-0.15, -0.1) is 0 Å². The Labute approximate surface area is 143 Å². The van der Waals surface area contributed by atoms with E-state index >= 15 is 0 Å². The molecule has 0 amide bonds. The lowest BCUT2D eigenvalue weighted by Crippen LogP contribution is -2.10. The van der Waals surface area contributed by atoms with E-state index in [-0.39, 0.29) is 11.9 Å². The summed E-state index contributed by atoms with van der Waals surface area (Å²) in [6.45, 7) is 0. The number of rotatable bonds is 3. The summed E-state index contributed by atoms with van der Waals surface area (Å²) in [5, 5.41) is 11.7. The SMILES string of the molecule is OC(CC1c2ccc(F)cc2-c2cncn21)c1ccc2occc2c1. The fourth-order valence-corrected chi connectivity index (χ4v) is 3.73. The van der Waals surface area contributed by atoms with Crippen molar-refractivity contribution in [3.8, 4) is 11.3 Å². The van der Waals surface area contributed by atoms with Gasteiger partial charge in [-0.3, -0.25) is 0 Å². The number of halogens is 1. The first-order valence-electron chi connectivity index (χ1n) is 8.17. The minimum Gasteiger partial charge on any atom is -0.464 e. The first-order chi connectivity index (χ1) is 12.2. The highest BCUT2D eigenvalue weighted by molar-refractivity contribution is 5.77. The van der Waals surface area contributed by atoms with Crippen LogP contribution in [0.5, 0.6) is 0 Å². The van der Waals surface area contributed by atoms with E-state index in [2.05, 4.69) is 4.98 Å². The molecule has 124 valence electrons. The molecule has 5 rings (SSSR count). The smallest absolute Gasteiger partial charge is 0.133 e.